The molecule has 3 amide bonds. The lowest BCUT2D eigenvalue weighted by Gasteiger charge is -2.39. The van der Waals surface area contributed by atoms with Crippen molar-refractivity contribution in [1.29, 1.82) is 5.26 Å². The zero-order chi connectivity index (χ0) is 41.9. The van der Waals surface area contributed by atoms with Gasteiger partial charge in [-0.05, 0) is 94.8 Å². The molecule has 3 N–H and O–H groups in total. The predicted molar refractivity (Wildman–Crippen MR) is 226 cm³/mol. The lowest BCUT2D eigenvalue weighted by molar-refractivity contribution is -0.147. The monoisotopic (exact) mass is 842 g/mol. The molecule has 2 unspecified atom stereocenters. The van der Waals surface area contributed by atoms with Crippen molar-refractivity contribution >= 4 is 52.6 Å². The number of ether oxygens (including phenoxy) is 2. The number of hydrogen-bond donors (Lipinski definition) is 3. The van der Waals surface area contributed by atoms with Crippen molar-refractivity contribution < 1.29 is 33.8 Å². The Morgan fingerprint density at radius 3 is 2.23 bits per heavy atom. The third-order valence-corrected chi connectivity index (χ3v) is 12.1. The summed E-state index contributed by atoms with van der Waals surface area (Å²) >= 11 is 12.2. The van der Waals surface area contributed by atoms with Gasteiger partial charge in [0.25, 0.3) is 5.91 Å². The van der Waals surface area contributed by atoms with Crippen molar-refractivity contribution in [2.24, 2.45) is 5.92 Å². The molecule has 3 aliphatic rings. The molecule has 0 radical (unpaired) electrons. The molecule has 11 nitrogen and oxygen atoms in total. The molecule has 3 atom stereocenters. The second kappa shape index (κ2) is 17.5. The summed E-state index contributed by atoms with van der Waals surface area (Å²) in [4.78, 5) is 55.8. The third-order valence-electron chi connectivity index (χ3n) is 11.4. The molecule has 5 aromatic carbocycles. The van der Waals surface area contributed by atoms with Crippen molar-refractivity contribution in [1.82, 2.24) is 10.2 Å². The van der Waals surface area contributed by atoms with Crippen LogP contribution in [0.4, 0.5) is 5.69 Å². The SMILES string of the molecule is N#Cc1ccc(-c2ccc(C[C@H](NC(=O)C3Cc4cc5c(cc4CN3C(=O)C3CCCC3)OC(c3ccc(OCc4ccc(Cl)c(Cl)c4)cc3)C(=O)N5)C(=O)O)cc2)cc1. The Morgan fingerprint density at radius 2 is 1.57 bits per heavy atom. The lowest BCUT2D eigenvalue weighted by Crippen LogP contribution is -2.56. The van der Waals surface area contributed by atoms with Crippen LogP contribution in [0.15, 0.2) is 103 Å². The van der Waals surface area contributed by atoms with E-state index in [1.807, 2.05) is 48.5 Å². The summed E-state index contributed by atoms with van der Waals surface area (Å²) in [6, 6.07) is 30.4. The number of nitriles is 1. The van der Waals surface area contributed by atoms with Crippen LogP contribution in [0.5, 0.6) is 11.5 Å². The van der Waals surface area contributed by atoms with Gasteiger partial charge in [0.1, 0.15) is 30.2 Å². The Morgan fingerprint density at radius 1 is 0.883 bits per heavy atom. The first kappa shape index (κ1) is 40.4. The summed E-state index contributed by atoms with van der Waals surface area (Å²) in [6.45, 7) is 0.396. The Kier molecular flexibility index (Phi) is 11.8. The van der Waals surface area contributed by atoms with Crippen molar-refractivity contribution in [2.45, 2.75) is 69.9 Å². The van der Waals surface area contributed by atoms with E-state index >= 15 is 0 Å². The second-order valence-electron chi connectivity index (χ2n) is 15.4. The van der Waals surface area contributed by atoms with Crippen LogP contribution in [-0.4, -0.2) is 45.8 Å². The number of amides is 3. The summed E-state index contributed by atoms with van der Waals surface area (Å²) in [7, 11) is 0. The van der Waals surface area contributed by atoms with Gasteiger partial charge >= 0.3 is 5.97 Å². The molecule has 1 saturated carbocycles. The number of carboxylic acids is 1. The molecule has 304 valence electrons. The largest absolute Gasteiger partial charge is 0.489 e. The summed E-state index contributed by atoms with van der Waals surface area (Å²) in [6.07, 6.45) is 2.52. The molecule has 1 aliphatic carbocycles. The van der Waals surface area contributed by atoms with Crippen molar-refractivity contribution in [3.8, 4) is 28.7 Å². The Hall–Kier alpha value is -6.35. The molecule has 0 spiro atoms. The standard InChI is InChI=1S/C47H40Cl2N4O7/c48-37-18-9-29(19-38(37)49)26-59-36-16-14-32(15-17-36)43-45(55)51-39-21-34-22-41(53(25-35(34)23-42(39)60-43)46(56)33-3-1-2-4-33)44(54)52-40(47(57)58)20-27-5-10-30(11-6-27)31-12-7-28(24-50)8-13-31/h5-19,21,23,33,40-41,43H,1-4,20,22,25-26H2,(H,51,55)(H,52,54)(H,57,58)/t40-,41?,43?/m0/s1. The number of anilines is 1. The molecule has 2 heterocycles. The normalized spacial score (nSPS) is 17.6. The first-order valence-electron chi connectivity index (χ1n) is 19.8. The third kappa shape index (κ3) is 8.81. The average Bonchev–Trinajstić information content (AvgIpc) is 3.81. The van der Waals surface area contributed by atoms with E-state index in [1.54, 1.807) is 59.5 Å². The highest BCUT2D eigenvalue weighted by atomic mass is 35.5. The van der Waals surface area contributed by atoms with E-state index in [-0.39, 0.29) is 43.7 Å². The van der Waals surface area contributed by atoms with E-state index in [0.29, 0.717) is 43.9 Å². The van der Waals surface area contributed by atoms with Crippen molar-refractivity contribution in [3.63, 3.8) is 0 Å². The van der Waals surface area contributed by atoms with Crippen molar-refractivity contribution in [2.75, 3.05) is 5.32 Å². The molecule has 13 heteroatoms. The lowest BCUT2D eigenvalue weighted by atomic mass is 9.90. The molecule has 2 aliphatic heterocycles. The van der Waals surface area contributed by atoms with Gasteiger partial charge in [0.15, 0.2) is 0 Å². The molecular formula is C47H40Cl2N4O7. The van der Waals surface area contributed by atoms with E-state index in [0.717, 1.165) is 53.5 Å². The maximum atomic E-state index is 14.1. The number of carbonyl (C=O) groups is 4. The number of nitrogens with zero attached hydrogens (tertiary/aromatic N) is 2. The Bertz CT molecular complexity index is 2500. The van der Waals surface area contributed by atoms with Crippen molar-refractivity contribution in [3.05, 3.63) is 147 Å². The maximum absolute atomic E-state index is 14.1. The van der Waals surface area contributed by atoms with Crippen LogP contribution in [0.2, 0.25) is 10.0 Å². The molecule has 1 fully saturated rings. The topological polar surface area (TPSA) is 158 Å². The number of halogens is 2. The van der Waals surface area contributed by atoms with Gasteiger partial charge in [0.05, 0.1) is 27.4 Å². The molecule has 5 aromatic rings. The van der Waals surface area contributed by atoms with Gasteiger partial charge in [-0.15, -0.1) is 0 Å². The van der Waals surface area contributed by atoms with Gasteiger partial charge in [-0.3, -0.25) is 14.4 Å². The van der Waals surface area contributed by atoms with Gasteiger partial charge in [0.2, 0.25) is 17.9 Å². The molecule has 0 aromatic heterocycles. The highest BCUT2D eigenvalue weighted by Gasteiger charge is 2.40. The van der Waals surface area contributed by atoms with Crippen LogP contribution in [0, 0.1) is 17.2 Å². The van der Waals surface area contributed by atoms with E-state index < -0.39 is 30.1 Å². The fraction of sp³-hybridized carbons (Fsp3) is 0.255. The number of carbonyl (C=O) groups excluding carboxylic acids is 3. The summed E-state index contributed by atoms with van der Waals surface area (Å²) < 4.78 is 12.2. The minimum absolute atomic E-state index is 0.0289. The van der Waals surface area contributed by atoms with E-state index in [1.165, 1.54) is 0 Å². The number of benzene rings is 5. The van der Waals surface area contributed by atoms with E-state index in [4.69, 9.17) is 37.9 Å². The van der Waals surface area contributed by atoms with Crippen LogP contribution in [0.25, 0.3) is 11.1 Å². The van der Waals surface area contributed by atoms with Crippen LogP contribution < -0.4 is 20.1 Å². The van der Waals surface area contributed by atoms with Crippen LogP contribution in [0.3, 0.4) is 0 Å². The minimum Gasteiger partial charge on any atom is -0.489 e. The number of nitrogens with one attached hydrogen (secondary N) is 2. The van der Waals surface area contributed by atoms with Gasteiger partial charge < -0.3 is 30.1 Å². The maximum Gasteiger partial charge on any atom is 0.326 e. The van der Waals surface area contributed by atoms with Crippen LogP contribution >= 0.6 is 23.2 Å². The quantitative estimate of drug-likeness (QED) is 0.120. The Labute approximate surface area is 356 Å². The summed E-state index contributed by atoms with van der Waals surface area (Å²) in [5.41, 5.74) is 6.51. The first-order chi connectivity index (χ1) is 29.0. The molecule has 0 bridgehead atoms. The van der Waals surface area contributed by atoms with Crippen LogP contribution in [0.1, 0.15) is 65.2 Å². The molecular weight excluding hydrogens is 803 g/mol. The number of carboxylic acid groups (broad SMARTS) is 1. The molecule has 60 heavy (non-hydrogen) atoms. The highest BCUT2D eigenvalue weighted by molar-refractivity contribution is 6.42. The zero-order valence-electron chi connectivity index (χ0n) is 32.3. The number of aliphatic carboxylic acids is 1. The minimum atomic E-state index is -1.25. The predicted octanol–water partition coefficient (Wildman–Crippen LogP) is 8.44. The van der Waals surface area contributed by atoms with Gasteiger partial charge in [-0.1, -0.05) is 90.6 Å². The Balaban J connectivity index is 0.974. The smallest absolute Gasteiger partial charge is 0.326 e. The second-order valence-corrected chi connectivity index (χ2v) is 16.2. The van der Waals surface area contributed by atoms with E-state index in [2.05, 4.69) is 16.7 Å². The average molecular weight is 844 g/mol. The van der Waals surface area contributed by atoms with Crippen LogP contribution in [-0.2, 0) is 45.2 Å². The molecule has 8 rings (SSSR count). The number of fused-ring (bicyclic) bond motifs is 2. The summed E-state index contributed by atoms with van der Waals surface area (Å²) in [5, 5.41) is 25.9. The van der Waals surface area contributed by atoms with E-state index in [9.17, 15) is 24.3 Å². The van der Waals surface area contributed by atoms with Gasteiger partial charge in [0, 0.05) is 30.9 Å². The summed E-state index contributed by atoms with van der Waals surface area (Å²) in [5.74, 6) is -1.45. The number of hydrogen-bond acceptors (Lipinski definition) is 7. The van der Waals surface area contributed by atoms with Gasteiger partial charge in [-0.2, -0.15) is 5.26 Å². The fourth-order valence-corrected chi connectivity index (χ4v) is 8.41. The highest BCUT2D eigenvalue weighted by Crippen LogP contribution is 2.41. The number of rotatable bonds is 11. The van der Waals surface area contributed by atoms with Gasteiger partial charge in [-0.25, -0.2) is 4.79 Å². The first-order valence-corrected chi connectivity index (χ1v) is 20.5. The fourth-order valence-electron chi connectivity index (χ4n) is 8.09. The molecule has 0 saturated heterocycles. The zero-order valence-corrected chi connectivity index (χ0v) is 33.8.